The molecule has 0 N–H and O–H groups in total. The average molecular weight is 454 g/mol. The highest BCUT2D eigenvalue weighted by atomic mass is 16.5. The number of aromatic nitrogens is 1. The molecule has 3 aliphatic heterocycles. The lowest BCUT2D eigenvalue weighted by atomic mass is 9.77. The highest BCUT2D eigenvalue weighted by molar-refractivity contribution is 5.92. The zero-order chi connectivity index (χ0) is 22.7. The molecule has 5 rings (SSSR count). The largest absolute Gasteiger partial charge is 0.379 e. The normalized spacial score (nSPS) is 23.7. The van der Waals surface area contributed by atoms with Crippen molar-refractivity contribution in [3.63, 3.8) is 0 Å². The van der Waals surface area contributed by atoms with Gasteiger partial charge in [-0.1, -0.05) is 35.0 Å². The van der Waals surface area contributed by atoms with E-state index in [-0.39, 0.29) is 11.5 Å². The molecule has 3 fully saturated rings. The predicted molar refractivity (Wildman–Crippen MR) is 124 cm³/mol. The number of morpholine rings is 1. The Kier molecular flexibility index (Phi) is 6.81. The number of nitrogens with zero attached hydrogens (tertiary/aromatic N) is 3. The van der Waals surface area contributed by atoms with E-state index in [4.69, 9.17) is 14.0 Å². The van der Waals surface area contributed by atoms with Gasteiger partial charge in [-0.2, -0.15) is 0 Å². The Balaban J connectivity index is 1.14. The van der Waals surface area contributed by atoms with Crippen molar-refractivity contribution < 1.29 is 18.8 Å². The number of ether oxygens (including phenoxy) is 2. The third kappa shape index (κ3) is 5.48. The molecule has 1 aromatic carbocycles. The average Bonchev–Trinajstić information content (AvgIpc) is 3.30. The SMILES string of the molecule is Cc1ccc(CC2CCOC3(CCN(C(=O)c4cc(CN5CCOCC5)on4)CC3)C2)cc1. The second kappa shape index (κ2) is 9.95. The summed E-state index contributed by atoms with van der Waals surface area (Å²) in [6, 6.07) is 10.7. The van der Waals surface area contributed by atoms with Crippen molar-refractivity contribution in [1.82, 2.24) is 15.0 Å². The summed E-state index contributed by atoms with van der Waals surface area (Å²) in [6.45, 7) is 8.27. The quantitative estimate of drug-likeness (QED) is 0.691. The number of rotatable bonds is 5. The van der Waals surface area contributed by atoms with Gasteiger partial charge in [0.25, 0.3) is 5.91 Å². The van der Waals surface area contributed by atoms with Crippen molar-refractivity contribution >= 4 is 5.91 Å². The standard InChI is InChI=1S/C26H35N3O4/c1-20-2-4-21(5-3-20)16-22-6-13-32-26(18-22)7-9-29(10-8-26)25(30)24-17-23(33-27-24)19-28-11-14-31-15-12-28/h2-5,17,22H,6-16,18-19H2,1H3. The molecule has 0 saturated carbocycles. The second-order valence-electron chi connectivity index (χ2n) is 9.94. The van der Waals surface area contributed by atoms with Crippen LogP contribution in [0.4, 0.5) is 0 Å². The number of amides is 1. The van der Waals surface area contributed by atoms with Gasteiger partial charge in [0.2, 0.25) is 0 Å². The van der Waals surface area contributed by atoms with Crippen LogP contribution in [0, 0.1) is 12.8 Å². The first-order valence-corrected chi connectivity index (χ1v) is 12.3. The van der Waals surface area contributed by atoms with Crippen LogP contribution in [-0.2, 0) is 22.4 Å². The number of carbonyl (C=O) groups is 1. The third-order valence-corrected chi connectivity index (χ3v) is 7.46. The van der Waals surface area contributed by atoms with Gasteiger partial charge in [-0.05, 0) is 50.5 Å². The zero-order valence-corrected chi connectivity index (χ0v) is 19.6. The summed E-state index contributed by atoms with van der Waals surface area (Å²) in [6.07, 6.45) is 5.09. The summed E-state index contributed by atoms with van der Waals surface area (Å²) >= 11 is 0. The van der Waals surface area contributed by atoms with Crippen LogP contribution in [0.25, 0.3) is 0 Å². The zero-order valence-electron chi connectivity index (χ0n) is 19.6. The van der Waals surface area contributed by atoms with E-state index >= 15 is 0 Å². The van der Waals surface area contributed by atoms with Crippen LogP contribution in [-0.4, -0.2) is 72.5 Å². The Morgan fingerprint density at radius 2 is 1.85 bits per heavy atom. The summed E-state index contributed by atoms with van der Waals surface area (Å²) in [5.74, 6) is 1.35. The Morgan fingerprint density at radius 1 is 1.09 bits per heavy atom. The van der Waals surface area contributed by atoms with Crippen molar-refractivity contribution in [2.24, 2.45) is 5.92 Å². The fourth-order valence-corrected chi connectivity index (χ4v) is 5.46. The molecule has 1 unspecified atom stereocenters. The van der Waals surface area contributed by atoms with E-state index < -0.39 is 0 Å². The molecule has 33 heavy (non-hydrogen) atoms. The van der Waals surface area contributed by atoms with Gasteiger partial charge < -0.3 is 18.9 Å². The molecule has 0 bridgehead atoms. The molecule has 4 heterocycles. The monoisotopic (exact) mass is 453 g/mol. The maximum Gasteiger partial charge on any atom is 0.276 e. The molecule has 1 atom stereocenters. The minimum Gasteiger partial charge on any atom is -0.379 e. The van der Waals surface area contributed by atoms with Gasteiger partial charge in [-0.25, -0.2) is 0 Å². The van der Waals surface area contributed by atoms with Crippen LogP contribution >= 0.6 is 0 Å². The molecule has 7 nitrogen and oxygen atoms in total. The summed E-state index contributed by atoms with van der Waals surface area (Å²) in [5, 5.41) is 4.07. The molecule has 2 aromatic rings. The Hall–Kier alpha value is -2.22. The molecule has 1 aromatic heterocycles. The molecule has 0 radical (unpaired) electrons. The minimum atomic E-state index is -0.0876. The van der Waals surface area contributed by atoms with E-state index in [1.165, 1.54) is 11.1 Å². The van der Waals surface area contributed by atoms with Gasteiger partial charge in [0.1, 0.15) is 0 Å². The number of likely N-dealkylation sites (tertiary alicyclic amines) is 1. The second-order valence-corrected chi connectivity index (χ2v) is 9.94. The van der Waals surface area contributed by atoms with Crippen LogP contribution in [0.1, 0.15) is 53.1 Å². The smallest absolute Gasteiger partial charge is 0.276 e. The number of hydrogen-bond donors (Lipinski definition) is 0. The van der Waals surface area contributed by atoms with E-state index in [1.54, 1.807) is 6.07 Å². The van der Waals surface area contributed by atoms with Gasteiger partial charge in [-0.15, -0.1) is 0 Å². The number of hydrogen-bond acceptors (Lipinski definition) is 6. The van der Waals surface area contributed by atoms with E-state index in [9.17, 15) is 4.79 Å². The van der Waals surface area contributed by atoms with Crippen molar-refractivity contribution in [3.8, 4) is 0 Å². The molecule has 0 aliphatic carbocycles. The fourth-order valence-electron chi connectivity index (χ4n) is 5.46. The maximum absolute atomic E-state index is 13.0. The summed E-state index contributed by atoms with van der Waals surface area (Å²) in [7, 11) is 0. The Morgan fingerprint density at radius 3 is 2.61 bits per heavy atom. The number of benzene rings is 1. The van der Waals surface area contributed by atoms with Gasteiger partial charge in [0.15, 0.2) is 11.5 Å². The minimum absolute atomic E-state index is 0.0335. The number of piperidine rings is 1. The number of aryl methyl sites for hydroxylation is 1. The van der Waals surface area contributed by atoms with Crippen LogP contribution in [0.5, 0.6) is 0 Å². The first kappa shape index (κ1) is 22.6. The summed E-state index contributed by atoms with van der Waals surface area (Å²) < 4.78 is 17.2. The van der Waals surface area contributed by atoms with Gasteiger partial charge in [0.05, 0.1) is 25.4 Å². The van der Waals surface area contributed by atoms with E-state index in [1.807, 2.05) is 4.90 Å². The molecule has 7 heteroatoms. The van der Waals surface area contributed by atoms with Gasteiger partial charge in [-0.3, -0.25) is 9.69 Å². The van der Waals surface area contributed by atoms with Crippen molar-refractivity contribution in [2.45, 2.75) is 51.2 Å². The van der Waals surface area contributed by atoms with Crippen molar-refractivity contribution in [3.05, 3.63) is 52.9 Å². The van der Waals surface area contributed by atoms with Crippen LogP contribution in [0.2, 0.25) is 0 Å². The van der Waals surface area contributed by atoms with Gasteiger partial charge >= 0.3 is 0 Å². The third-order valence-electron chi connectivity index (χ3n) is 7.46. The molecule has 3 aliphatic rings. The predicted octanol–water partition coefficient (Wildman–Crippen LogP) is 3.46. The van der Waals surface area contributed by atoms with E-state index in [2.05, 4.69) is 41.2 Å². The van der Waals surface area contributed by atoms with E-state index in [0.717, 1.165) is 70.8 Å². The molecule has 178 valence electrons. The molecular formula is C26H35N3O4. The van der Waals surface area contributed by atoms with Crippen molar-refractivity contribution in [1.29, 1.82) is 0 Å². The highest BCUT2D eigenvalue weighted by Crippen LogP contribution is 2.39. The molecule has 1 amide bonds. The van der Waals surface area contributed by atoms with Crippen LogP contribution < -0.4 is 0 Å². The first-order valence-electron chi connectivity index (χ1n) is 12.3. The molecule has 3 saturated heterocycles. The molecule has 1 spiro atoms. The lowest BCUT2D eigenvalue weighted by molar-refractivity contribution is -0.123. The summed E-state index contributed by atoms with van der Waals surface area (Å²) in [5.41, 5.74) is 3.04. The number of carbonyl (C=O) groups excluding carboxylic acids is 1. The molecular weight excluding hydrogens is 418 g/mol. The highest BCUT2D eigenvalue weighted by Gasteiger charge is 2.41. The lowest BCUT2D eigenvalue weighted by Crippen LogP contribution is -2.51. The fraction of sp³-hybridized carbons (Fsp3) is 0.615. The Labute approximate surface area is 196 Å². The topological polar surface area (TPSA) is 68.0 Å². The summed E-state index contributed by atoms with van der Waals surface area (Å²) in [4.78, 5) is 17.2. The van der Waals surface area contributed by atoms with E-state index in [0.29, 0.717) is 31.2 Å². The first-order chi connectivity index (χ1) is 16.1. The Bertz CT molecular complexity index is 927. The van der Waals surface area contributed by atoms with Crippen LogP contribution in [0.15, 0.2) is 34.9 Å². The lowest BCUT2D eigenvalue weighted by Gasteiger charge is -2.46. The van der Waals surface area contributed by atoms with Crippen molar-refractivity contribution in [2.75, 3.05) is 46.0 Å². The van der Waals surface area contributed by atoms with Crippen LogP contribution in [0.3, 0.4) is 0 Å². The maximum atomic E-state index is 13.0. The van der Waals surface area contributed by atoms with Gasteiger partial charge in [0, 0.05) is 38.9 Å².